The van der Waals surface area contributed by atoms with Crippen molar-refractivity contribution in [3.8, 4) is 0 Å². The minimum absolute atomic E-state index is 0.156. The molecule has 0 spiro atoms. The van der Waals surface area contributed by atoms with Gasteiger partial charge in [0.05, 0.1) is 17.6 Å². The van der Waals surface area contributed by atoms with E-state index >= 15 is 0 Å². The normalized spacial score (nSPS) is 11.0. The zero-order valence-corrected chi connectivity index (χ0v) is 14.3. The van der Waals surface area contributed by atoms with E-state index in [-0.39, 0.29) is 5.91 Å². The van der Waals surface area contributed by atoms with Gasteiger partial charge in [0.25, 0.3) is 0 Å². The van der Waals surface area contributed by atoms with Crippen LogP contribution in [-0.4, -0.2) is 26.3 Å². The SMILES string of the molecule is CS(=O)(=O)Nc1ccccc1NC(=O)CCSc1ccccc1. The van der Waals surface area contributed by atoms with E-state index in [1.165, 1.54) is 0 Å². The fourth-order valence-corrected chi connectivity index (χ4v) is 3.32. The maximum Gasteiger partial charge on any atom is 0.229 e. The summed E-state index contributed by atoms with van der Waals surface area (Å²) >= 11 is 1.60. The number of para-hydroxylation sites is 2. The minimum atomic E-state index is -3.39. The van der Waals surface area contributed by atoms with Crippen molar-refractivity contribution in [1.29, 1.82) is 0 Å². The summed E-state index contributed by atoms with van der Waals surface area (Å²) in [6.45, 7) is 0. The lowest BCUT2D eigenvalue weighted by Crippen LogP contribution is -2.16. The minimum Gasteiger partial charge on any atom is -0.324 e. The van der Waals surface area contributed by atoms with Gasteiger partial charge in [-0.25, -0.2) is 8.42 Å². The average molecular weight is 350 g/mol. The number of amides is 1. The van der Waals surface area contributed by atoms with Gasteiger partial charge in [0.1, 0.15) is 0 Å². The molecule has 2 rings (SSSR count). The quantitative estimate of drug-likeness (QED) is 0.752. The number of rotatable bonds is 7. The molecular weight excluding hydrogens is 332 g/mol. The van der Waals surface area contributed by atoms with Crippen LogP contribution in [0.2, 0.25) is 0 Å². The van der Waals surface area contributed by atoms with E-state index < -0.39 is 10.0 Å². The van der Waals surface area contributed by atoms with Gasteiger partial charge in [0.2, 0.25) is 15.9 Å². The maximum absolute atomic E-state index is 12.0. The number of thioether (sulfide) groups is 1. The van der Waals surface area contributed by atoms with Crippen LogP contribution >= 0.6 is 11.8 Å². The molecular formula is C16H18N2O3S2. The second-order valence-corrected chi connectivity index (χ2v) is 7.80. The number of sulfonamides is 1. The first-order chi connectivity index (χ1) is 10.9. The van der Waals surface area contributed by atoms with Gasteiger partial charge in [0.15, 0.2) is 0 Å². The molecule has 23 heavy (non-hydrogen) atoms. The number of anilines is 2. The van der Waals surface area contributed by atoms with E-state index in [1.807, 2.05) is 30.3 Å². The van der Waals surface area contributed by atoms with Gasteiger partial charge in [-0.15, -0.1) is 11.8 Å². The van der Waals surface area contributed by atoms with Crippen LogP contribution in [0.15, 0.2) is 59.5 Å². The Labute approximate surface area is 140 Å². The van der Waals surface area contributed by atoms with Crippen molar-refractivity contribution in [3.63, 3.8) is 0 Å². The van der Waals surface area contributed by atoms with Gasteiger partial charge in [-0.05, 0) is 24.3 Å². The van der Waals surface area contributed by atoms with Crippen molar-refractivity contribution in [2.24, 2.45) is 0 Å². The third kappa shape index (κ3) is 6.33. The Balaban J connectivity index is 1.90. The number of carbonyl (C=O) groups is 1. The first-order valence-electron chi connectivity index (χ1n) is 6.98. The van der Waals surface area contributed by atoms with E-state index in [9.17, 15) is 13.2 Å². The van der Waals surface area contributed by atoms with E-state index in [4.69, 9.17) is 0 Å². The van der Waals surface area contributed by atoms with Crippen molar-refractivity contribution in [2.75, 3.05) is 22.0 Å². The van der Waals surface area contributed by atoms with E-state index in [2.05, 4.69) is 10.0 Å². The molecule has 0 saturated carbocycles. The number of benzene rings is 2. The molecule has 0 heterocycles. The summed E-state index contributed by atoms with van der Waals surface area (Å²) in [5.74, 6) is 0.494. The predicted molar refractivity (Wildman–Crippen MR) is 95.3 cm³/mol. The van der Waals surface area contributed by atoms with Crippen LogP contribution in [0, 0.1) is 0 Å². The van der Waals surface area contributed by atoms with Crippen LogP contribution in [-0.2, 0) is 14.8 Å². The summed E-state index contributed by atoms with van der Waals surface area (Å²) < 4.78 is 25.1. The molecule has 0 aliphatic rings. The average Bonchev–Trinajstić information content (AvgIpc) is 2.49. The van der Waals surface area contributed by atoms with Gasteiger partial charge in [0, 0.05) is 17.1 Å². The molecule has 0 atom stereocenters. The monoisotopic (exact) mass is 350 g/mol. The number of nitrogens with one attached hydrogen (secondary N) is 2. The van der Waals surface area contributed by atoms with E-state index in [1.54, 1.807) is 36.0 Å². The standard InChI is InChI=1S/C16H18N2O3S2/c1-23(20,21)18-15-10-6-5-9-14(15)17-16(19)11-12-22-13-7-3-2-4-8-13/h2-10,18H,11-12H2,1H3,(H,17,19). The predicted octanol–water partition coefficient (Wildman–Crippen LogP) is 3.18. The molecule has 0 aliphatic heterocycles. The Morgan fingerprint density at radius 2 is 1.61 bits per heavy atom. The summed E-state index contributed by atoms with van der Waals surface area (Å²) in [4.78, 5) is 13.1. The second kappa shape index (κ2) is 8.03. The molecule has 0 aromatic heterocycles. The molecule has 7 heteroatoms. The summed E-state index contributed by atoms with van der Waals surface area (Å²) in [7, 11) is -3.39. The molecule has 122 valence electrons. The second-order valence-electron chi connectivity index (χ2n) is 4.88. The Morgan fingerprint density at radius 1 is 1.00 bits per heavy atom. The maximum atomic E-state index is 12.0. The number of hydrogen-bond donors (Lipinski definition) is 2. The van der Waals surface area contributed by atoms with Gasteiger partial charge >= 0.3 is 0 Å². The van der Waals surface area contributed by atoms with Crippen LogP contribution < -0.4 is 10.0 Å². The zero-order valence-electron chi connectivity index (χ0n) is 12.7. The van der Waals surface area contributed by atoms with E-state index in [0.29, 0.717) is 23.5 Å². The molecule has 0 aliphatic carbocycles. The third-order valence-corrected chi connectivity index (χ3v) is 4.44. The van der Waals surface area contributed by atoms with Crippen LogP contribution in [0.3, 0.4) is 0 Å². The van der Waals surface area contributed by atoms with Crippen molar-refractivity contribution < 1.29 is 13.2 Å². The van der Waals surface area contributed by atoms with E-state index in [0.717, 1.165) is 11.2 Å². The highest BCUT2D eigenvalue weighted by Crippen LogP contribution is 2.23. The number of carbonyl (C=O) groups excluding carboxylic acids is 1. The fraction of sp³-hybridized carbons (Fsp3) is 0.188. The molecule has 2 aromatic carbocycles. The van der Waals surface area contributed by atoms with Crippen molar-refractivity contribution in [3.05, 3.63) is 54.6 Å². The topological polar surface area (TPSA) is 75.3 Å². The smallest absolute Gasteiger partial charge is 0.229 e. The molecule has 5 nitrogen and oxygen atoms in total. The van der Waals surface area contributed by atoms with Crippen LogP contribution in [0.4, 0.5) is 11.4 Å². The molecule has 0 bridgehead atoms. The largest absolute Gasteiger partial charge is 0.324 e. The summed E-state index contributed by atoms with van der Waals surface area (Å²) in [6, 6.07) is 16.6. The van der Waals surface area contributed by atoms with Crippen molar-refractivity contribution in [2.45, 2.75) is 11.3 Å². The van der Waals surface area contributed by atoms with Crippen LogP contribution in [0.5, 0.6) is 0 Å². The summed E-state index contributed by atoms with van der Waals surface area (Å²) in [5.41, 5.74) is 0.812. The van der Waals surface area contributed by atoms with Crippen LogP contribution in [0.1, 0.15) is 6.42 Å². The molecule has 0 fully saturated rings. The lowest BCUT2D eigenvalue weighted by Gasteiger charge is -2.11. The first kappa shape index (κ1) is 17.4. The molecule has 0 radical (unpaired) electrons. The molecule has 0 unspecified atom stereocenters. The van der Waals surface area contributed by atoms with Gasteiger partial charge < -0.3 is 5.32 Å². The molecule has 2 aromatic rings. The Hall–Kier alpha value is -1.99. The van der Waals surface area contributed by atoms with Crippen molar-refractivity contribution in [1.82, 2.24) is 0 Å². The molecule has 2 N–H and O–H groups in total. The number of hydrogen-bond acceptors (Lipinski definition) is 4. The highest BCUT2D eigenvalue weighted by atomic mass is 32.2. The lowest BCUT2D eigenvalue weighted by atomic mass is 10.2. The zero-order chi connectivity index (χ0) is 16.7. The molecule has 0 saturated heterocycles. The van der Waals surface area contributed by atoms with Gasteiger partial charge in [-0.2, -0.15) is 0 Å². The van der Waals surface area contributed by atoms with Crippen LogP contribution in [0.25, 0.3) is 0 Å². The summed E-state index contributed by atoms with van der Waals surface area (Å²) in [6.07, 6.45) is 1.41. The third-order valence-electron chi connectivity index (χ3n) is 2.84. The Bertz CT molecular complexity index is 762. The highest BCUT2D eigenvalue weighted by molar-refractivity contribution is 7.99. The Kier molecular flexibility index (Phi) is 6.06. The summed E-state index contributed by atoms with van der Waals surface area (Å²) in [5, 5.41) is 2.74. The molecule has 1 amide bonds. The van der Waals surface area contributed by atoms with Gasteiger partial charge in [-0.1, -0.05) is 30.3 Å². The van der Waals surface area contributed by atoms with Gasteiger partial charge in [-0.3, -0.25) is 9.52 Å². The first-order valence-corrected chi connectivity index (χ1v) is 9.86. The highest BCUT2D eigenvalue weighted by Gasteiger charge is 2.09. The fourth-order valence-electron chi connectivity index (χ4n) is 1.87. The lowest BCUT2D eigenvalue weighted by molar-refractivity contribution is -0.115. The van der Waals surface area contributed by atoms with Crippen molar-refractivity contribution >= 4 is 39.1 Å². The Morgan fingerprint density at radius 3 is 2.26 bits per heavy atom.